The van der Waals surface area contributed by atoms with Crippen molar-refractivity contribution < 1.29 is 13.6 Å². The van der Waals surface area contributed by atoms with E-state index in [2.05, 4.69) is 15.9 Å². The molecule has 88 valence electrons. The van der Waals surface area contributed by atoms with E-state index in [1.165, 1.54) is 0 Å². The van der Waals surface area contributed by atoms with Crippen LogP contribution in [0.25, 0.3) is 0 Å². The van der Waals surface area contributed by atoms with Gasteiger partial charge in [-0.1, -0.05) is 0 Å². The van der Waals surface area contributed by atoms with Crippen LogP contribution in [0, 0.1) is 11.6 Å². The lowest BCUT2D eigenvalue weighted by Crippen LogP contribution is -2.17. The van der Waals surface area contributed by atoms with Crippen LogP contribution in [0.2, 0.25) is 0 Å². The summed E-state index contributed by atoms with van der Waals surface area (Å²) in [7, 11) is 0. The number of nitrogens with two attached hydrogens (primary N) is 2. The summed E-state index contributed by atoms with van der Waals surface area (Å²) in [5.41, 5.74) is 10.6. The molecule has 0 aliphatic heterocycles. The van der Waals surface area contributed by atoms with Crippen molar-refractivity contribution in [3.05, 3.63) is 33.8 Å². The van der Waals surface area contributed by atoms with Crippen molar-refractivity contribution in [3.63, 3.8) is 0 Å². The van der Waals surface area contributed by atoms with Gasteiger partial charge < -0.3 is 11.5 Å². The molecular weight excluding hydrogens is 282 g/mol. The van der Waals surface area contributed by atoms with Crippen molar-refractivity contribution >= 4 is 21.8 Å². The van der Waals surface area contributed by atoms with Crippen molar-refractivity contribution in [2.24, 2.45) is 11.5 Å². The fraction of sp³-hybridized carbons (Fsp3) is 0.300. The Hall–Kier alpha value is -1.01. The number of amides is 1. The van der Waals surface area contributed by atoms with Crippen molar-refractivity contribution in [2.45, 2.75) is 18.9 Å². The maximum Gasteiger partial charge on any atom is 0.217 e. The number of primary amides is 1. The fourth-order valence-electron chi connectivity index (χ4n) is 1.28. The Morgan fingerprint density at radius 3 is 2.56 bits per heavy atom. The van der Waals surface area contributed by atoms with Gasteiger partial charge in [0.25, 0.3) is 0 Å². The molecule has 1 rings (SSSR count). The van der Waals surface area contributed by atoms with E-state index in [0.717, 1.165) is 12.1 Å². The number of rotatable bonds is 4. The largest absolute Gasteiger partial charge is 0.370 e. The van der Waals surface area contributed by atoms with Crippen molar-refractivity contribution in [3.8, 4) is 0 Å². The molecule has 0 fully saturated rings. The molecule has 1 aromatic carbocycles. The molecule has 0 saturated heterocycles. The number of hydrogen-bond donors (Lipinski definition) is 2. The van der Waals surface area contributed by atoms with Gasteiger partial charge in [-0.15, -0.1) is 0 Å². The molecule has 0 bridgehead atoms. The second-order valence-electron chi connectivity index (χ2n) is 3.40. The van der Waals surface area contributed by atoms with Gasteiger partial charge in [0.2, 0.25) is 5.91 Å². The summed E-state index contributed by atoms with van der Waals surface area (Å²) in [6, 6.07) is 1.29. The summed E-state index contributed by atoms with van der Waals surface area (Å²) in [5.74, 6) is -1.72. The molecule has 4 N–H and O–H groups in total. The molecule has 16 heavy (non-hydrogen) atoms. The molecule has 1 atom stereocenters. The van der Waals surface area contributed by atoms with E-state index < -0.39 is 23.6 Å². The zero-order valence-electron chi connectivity index (χ0n) is 8.34. The average Bonchev–Trinajstić information content (AvgIpc) is 2.20. The van der Waals surface area contributed by atoms with Crippen LogP contribution < -0.4 is 11.5 Å². The summed E-state index contributed by atoms with van der Waals surface area (Å²) < 4.78 is 26.6. The Bertz CT molecular complexity index is 412. The Balaban J connectivity index is 2.86. The highest BCUT2D eigenvalue weighted by Crippen LogP contribution is 2.25. The summed E-state index contributed by atoms with van der Waals surface area (Å²) in [5, 5.41) is 0. The first-order valence-corrected chi connectivity index (χ1v) is 5.39. The zero-order chi connectivity index (χ0) is 12.3. The number of carbonyl (C=O) groups is 1. The molecule has 0 spiro atoms. The predicted octanol–water partition coefficient (Wildman–Crippen LogP) is 1.99. The van der Waals surface area contributed by atoms with Gasteiger partial charge in [-0.2, -0.15) is 0 Å². The maximum absolute atomic E-state index is 13.4. The van der Waals surface area contributed by atoms with E-state index in [9.17, 15) is 13.6 Å². The van der Waals surface area contributed by atoms with E-state index in [0.29, 0.717) is 0 Å². The third-order valence-electron chi connectivity index (χ3n) is 2.14. The molecule has 1 unspecified atom stereocenters. The normalized spacial score (nSPS) is 12.5. The summed E-state index contributed by atoms with van der Waals surface area (Å²) >= 11 is 2.86. The summed E-state index contributed by atoms with van der Waals surface area (Å²) in [6.07, 6.45) is 0.228. The standard InChI is InChI=1S/C10H11BrF2N2O/c11-6-4-7(12)5(3-8(6)13)9(14)1-2-10(15)16/h3-4,9H,1-2,14H2,(H2,15,16). The van der Waals surface area contributed by atoms with Crippen LogP contribution in [0.4, 0.5) is 8.78 Å². The van der Waals surface area contributed by atoms with Gasteiger partial charge in [0.1, 0.15) is 11.6 Å². The van der Waals surface area contributed by atoms with Crippen LogP contribution in [0.5, 0.6) is 0 Å². The van der Waals surface area contributed by atoms with Gasteiger partial charge in [0.05, 0.1) is 4.47 Å². The smallest absolute Gasteiger partial charge is 0.217 e. The maximum atomic E-state index is 13.4. The van der Waals surface area contributed by atoms with Crippen LogP contribution in [-0.2, 0) is 4.79 Å². The minimum absolute atomic E-state index is 0.0378. The number of halogens is 3. The highest BCUT2D eigenvalue weighted by molar-refractivity contribution is 9.10. The molecule has 0 radical (unpaired) electrons. The number of hydrogen-bond acceptors (Lipinski definition) is 2. The van der Waals surface area contributed by atoms with Crippen LogP contribution in [0.3, 0.4) is 0 Å². The third-order valence-corrected chi connectivity index (χ3v) is 2.75. The van der Waals surface area contributed by atoms with Crippen molar-refractivity contribution in [1.29, 1.82) is 0 Å². The van der Waals surface area contributed by atoms with Crippen LogP contribution in [-0.4, -0.2) is 5.91 Å². The van der Waals surface area contributed by atoms with E-state index in [1.54, 1.807) is 0 Å². The second-order valence-corrected chi connectivity index (χ2v) is 4.25. The van der Waals surface area contributed by atoms with E-state index in [1.807, 2.05) is 0 Å². The van der Waals surface area contributed by atoms with Gasteiger partial charge in [0, 0.05) is 18.0 Å². The molecule has 0 aliphatic rings. The van der Waals surface area contributed by atoms with E-state index >= 15 is 0 Å². The molecular formula is C10H11BrF2N2O. The first-order valence-electron chi connectivity index (χ1n) is 4.60. The highest BCUT2D eigenvalue weighted by atomic mass is 79.9. The van der Waals surface area contributed by atoms with Gasteiger partial charge in [-0.3, -0.25) is 4.79 Å². The quantitative estimate of drug-likeness (QED) is 0.834. The van der Waals surface area contributed by atoms with Crippen molar-refractivity contribution in [2.75, 3.05) is 0 Å². The molecule has 1 aromatic rings. The summed E-state index contributed by atoms with van der Waals surface area (Å²) in [4.78, 5) is 10.5. The average molecular weight is 293 g/mol. The first kappa shape index (κ1) is 13.1. The van der Waals surface area contributed by atoms with Gasteiger partial charge in [-0.25, -0.2) is 8.78 Å². The topological polar surface area (TPSA) is 69.1 Å². The van der Waals surface area contributed by atoms with Crippen LogP contribution in [0.15, 0.2) is 16.6 Å². The number of carbonyl (C=O) groups excluding carboxylic acids is 1. The van der Waals surface area contributed by atoms with E-state index in [-0.39, 0.29) is 22.9 Å². The molecule has 1 amide bonds. The Labute approximate surface area is 99.9 Å². The minimum atomic E-state index is -0.741. The second kappa shape index (κ2) is 5.36. The lowest BCUT2D eigenvalue weighted by molar-refractivity contribution is -0.118. The molecule has 6 heteroatoms. The Morgan fingerprint density at radius 2 is 2.00 bits per heavy atom. The van der Waals surface area contributed by atoms with E-state index in [4.69, 9.17) is 11.5 Å². The Kier molecular flexibility index (Phi) is 4.37. The van der Waals surface area contributed by atoms with Gasteiger partial charge in [-0.05, 0) is 34.5 Å². The monoisotopic (exact) mass is 292 g/mol. The Morgan fingerprint density at radius 1 is 1.38 bits per heavy atom. The highest BCUT2D eigenvalue weighted by Gasteiger charge is 2.15. The molecule has 0 heterocycles. The third kappa shape index (κ3) is 3.24. The lowest BCUT2D eigenvalue weighted by Gasteiger charge is -2.12. The molecule has 3 nitrogen and oxygen atoms in total. The van der Waals surface area contributed by atoms with Crippen LogP contribution >= 0.6 is 15.9 Å². The zero-order valence-corrected chi connectivity index (χ0v) is 9.93. The van der Waals surface area contributed by atoms with Crippen molar-refractivity contribution in [1.82, 2.24) is 0 Å². The van der Waals surface area contributed by atoms with Gasteiger partial charge >= 0.3 is 0 Å². The molecule has 0 aromatic heterocycles. The summed E-state index contributed by atoms with van der Waals surface area (Å²) in [6.45, 7) is 0. The SMILES string of the molecule is NC(=O)CCC(N)c1cc(F)c(Br)cc1F. The number of benzene rings is 1. The van der Waals surface area contributed by atoms with Crippen LogP contribution in [0.1, 0.15) is 24.4 Å². The lowest BCUT2D eigenvalue weighted by atomic mass is 10.0. The van der Waals surface area contributed by atoms with Gasteiger partial charge in [0.15, 0.2) is 0 Å². The molecule has 0 aliphatic carbocycles. The fourth-order valence-corrected chi connectivity index (χ4v) is 1.59. The minimum Gasteiger partial charge on any atom is -0.370 e. The molecule has 0 saturated carbocycles. The first-order chi connectivity index (χ1) is 7.41. The predicted molar refractivity (Wildman–Crippen MR) is 59.4 cm³/mol.